The number of carbonyl (C=O) groups is 1. The van der Waals surface area contributed by atoms with Crippen molar-refractivity contribution in [3.63, 3.8) is 0 Å². The number of aliphatic hydroxyl groups excluding tert-OH is 1. The number of carbonyl (C=O) groups excluding carboxylic acids is 1. The summed E-state index contributed by atoms with van der Waals surface area (Å²) in [5, 5.41) is 12.1. The van der Waals surface area contributed by atoms with Gasteiger partial charge in [0.1, 0.15) is 23.6 Å². The van der Waals surface area contributed by atoms with Gasteiger partial charge in [0.25, 0.3) is 5.91 Å². The average Bonchev–Trinajstić information content (AvgIpc) is 2.47. The van der Waals surface area contributed by atoms with E-state index >= 15 is 0 Å². The Morgan fingerprint density at radius 1 is 1.14 bits per heavy atom. The molecule has 6 heteroatoms. The number of halogens is 3. The van der Waals surface area contributed by atoms with Crippen LogP contribution in [0.3, 0.4) is 0 Å². The van der Waals surface area contributed by atoms with E-state index in [0.717, 1.165) is 18.2 Å². The highest BCUT2D eigenvalue weighted by atomic mass is 19.1. The minimum Gasteiger partial charge on any atom is -0.386 e. The van der Waals surface area contributed by atoms with Crippen LogP contribution in [0.15, 0.2) is 36.4 Å². The Kier molecular flexibility index (Phi) is 4.82. The number of amides is 1. The Hall–Kier alpha value is -2.34. The first kappa shape index (κ1) is 16.0. The molecule has 0 aliphatic heterocycles. The lowest BCUT2D eigenvalue weighted by Crippen LogP contribution is -2.29. The van der Waals surface area contributed by atoms with Gasteiger partial charge in [0.2, 0.25) is 0 Å². The van der Waals surface area contributed by atoms with Crippen molar-refractivity contribution in [2.24, 2.45) is 0 Å². The molecule has 22 heavy (non-hydrogen) atoms. The lowest BCUT2D eigenvalue weighted by molar-refractivity contribution is 0.0911. The molecule has 2 aromatic carbocycles. The van der Waals surface area contributed by atoms with E-state index in [1.165, 1.54) is 18.2 Å². The van der Waals surface area contributed by atoms with E-state index < -0.39 is 41.6 Å². The highest BCUT2D eigenvalue weighted by Crippen LogP contribution is 2.20. The van der Waals surface area contributed by atoms with Crippen molar-refractivity contribution in [2.45, 2.75) is 13.0 Å². The van der Waals surface area contributed by atoms with E-state index in [1.807, 2.05) is 0 Å². The number of aliphatic hydroxyl groups is 1. The Bertz CT molecular complexity index is 684. The summed E-state index contributed by atoms with van der Waals surface area (Å²) in [6, 6.07) is 7.12. The molecule has 0 bridgehead atoms. The van der Waals surface area contributed by atoms with Gasteiger partial charge < -0.3 is 10.4 Å². The molecule has 1 amide bonds. The molecule has 2 rings (SSSR count). The van der Waals surface area contributed by atoms with Crippen molar-refractivity contribution in [3.05, 3.63) is 70.5 Å². The van der Waals surface area contributed by atoms with Crippen LogP contribution in [0, 0.1) is 24.4 Å². The third-order valence-electron chi connectivity index (χ3n) is 3.22. The monoisotopic (exact) mass is 309 g/mol. The van der Waals surface area contributed by atoms with Crippen LogP contribution in [-0.2, 0) is 0 Å². The van der Waals surface area contributed by atoms with E-state index in [9.17, 15) is 23.1 Å². The fourth-order valence-corrected chi connectivity index (χ4v) is 1.96. The lowest BCUT2D eigenvalue weighted by atomic mass is 10.1. The highest BCUT2D eigenvalue weighted by molar-refractivity contribution is 5.94. The molecule has 0 fully saturated rings. The Balaban J connectivity index is 2.06. The summed E-state index contributed by atoms with van der Waals surface area (Å²) in [4.78, 5) is 11.8. The molecular weight excluding hydrogens is 295 g/mol. The second-order valence-corrected chi connectivity index (χ2v) is 4.83. The van der Waals surface area contributed by atoms with Crippen LogP contribution >= 0.6 is 0 Å². The first-order valence-corrected chi connectivity index (χ1v) is 6.56. The Morgan fingerprint density at radius 2 is 1.77 bits per heavy atom. The molecular formula is C16H14F3NO2. The summed E-state index contributed by atoms with van der Waals surface area (Å²) in [5.74, 6) is -2.98. The van der Waals surface area contributed by atoms with Crippen LogP contribution in [0.4, 0.5) is 13.2 Å². The molecule has 3 nitrogen and oxygen atoms in total. The molecule has 0 aliphatic rings. The standard InChI is InChI=1S/C16H14F3NO2/c1-9-5-6-10(7-13(9)19)16(22)20-8-14(21)15-11(17)3-2-4-12(15)18/h2-7,14,21H,8H2,1H3,(H,20,22). The second-order valence-electron chi connectivity index (χ2n) is 4.83. The van der Waals surface area contributed by atoms with Crippen LogP contribution < -0.4 is 5.32 Å². The average molecular weight is 309 g/mol. The normalized spacial score (nSPS) is 12.0. The maximum absolute atomic E-state index is 13.5. The van der Waals surface area contributed by atoms with Gasteiger partial charge in [-0.25, -0.2) is 13.2 Å². The van der Waals surface area contributed by atoms with Crippen LogP contribution in [0.5, 0.6) is 0 Å². The van der Waals surface area contributed by atoms with E-state index in [-0.39, 0.29) is 5.56 Å². The summed E-state index contributed by atoms with van der Waals surface area (Å²) >= 11 is 0. The molecule has 0 saturated carbocycles. The summed E-state index contributed by atoms with van der Waals surface area (Å²) in [6.07, 6.45) is -1.54. The molecule has 0 radical (unpaired) electrons. The van der Waals surface area contributed by atoms with Gasteiger partial charge in [-0.1, -0.05) is 12.1 Å². The number of rotatable bonds is 4. The maximum atomic E-state index is 13.5. The fraction of sp³-hybridized carbons (Fsp3) is 0.188. The molecule has 0 spiro atoms. The third-order valence-corrected chi connectivity index (χ3v) is 3.22. The summed E-state index contributed by atoms with van der Waals surface area (Å²) in [5.41, 5.74) is -0.0628. The van der Waals surface area contributed by atoms with Crippen molar-refractivity contribution in [3.8, 4) is 0 Å². The van der Waals surface area contributed by atoms with Crippen LogP contribution in [0.1, 0.15) is 27.6 Å². The van der Waals surface area contributed by atoms with Crippen molar-refractivity contribution < 1.29 is 23.1 Å². The van der Waals surface area contributed by atoms with Crippen LogP contribution in [0.2, 0.25) is 0 Å². The molecule has 0 aliphatic carbocycles. The minimum atomic E-state index is -1.54. The van der Waals surface area contributed by atoms with E-state index in [0.29, 0.717) is 5.56 Å². The Morgan fingerprint density at radius 3 is 2.36 bits per heavy atom. The maximum Gasteiger partial charge on any atom is 0.251 e. The van der Waals surface area contributed by atoms with Crippen LogP contribution in [0.25, 0.3) is 0 Å². The smallest absolute Gasteiger partial charge is 0.251 e. The van der Waals surface area contributed by atoms with Crippen molar-refractivity contribution in [1.29, 1.82) is 0 Å². The first-order valence-electron chi connectivity index (χ1n) is 6.56. The molecule has 0 saturated heterocycles. The zero-order valence-electron chi connectivity index (χ0n) is 11.7. The highest BCUT2D eigenvalue weighted by Gasteiger charge is 2.18. The van der Waals surface area contributed by atoms with E-state index in [2.05, 4.69) is 5.32 Å². The minimum absolute atomic E-state index is 0.0595. The quantitative estimate of drug-likeness (QED) is 0.912. The van der Waals surface area contributed by atoms with Crippen molar-refractivity contribution in [1.82, 2.24) is 5.32 Å². The molecule has 0 heterocycles. The van der Waals surface area contributed by atoms with Gasteiger partial charge in [-0.15, -0.1) is 0 Å². The van der Waals surface area contributed by atoms with Gasteiger partial charge in [0, 0.05) is 12.1 Å². The molecule has 116 valence electrons. The number of benzene rings is 2. The molecule has 1 atom stereocenters. The fourth-order valence-electron chi connectivity index (χ4n) is 1.96. The summed E-state index contributed by atoms with van der Waals surface area (Å²) < 4.78 is 40.3. The van der Waals surface area contributed by atoms with Gasteiger partial charge in [-0.05, 0) is 36.8 Å². The Labute approximate surface area is 125 Å². The molecule has 0 aromatic heterocycles. The van der Waals surface area contributed by atoms with Gasteiger partial charge in [0.15, 0.2) is 0 Å². The number of hydrogen-bond donors (Lipinski definition) is 2. The zero-order chi connectivity index (χ0) is 16.3. The van der Waals surface area contributed by atoms with Crippen LogP contribution in [-0.4, -0.2) is 17.6 Å². The predicted molar refractivity (Wildman–Crippen MR) is 74.8 cm³/mol. The van der Waals surface area contributed by atoms with E-state index in [4.69, 9.17) is 0 Å². The van der Waals surface area contributed by atoms with E-state index in [1.54, 1.807) is 6.92 Å². The summed E-state index contributed by atoms with van der Waals surface area (Å²) in [6.45, 7) is 1.16. The SMILES string of the molecule is Cc1ccc(C(=O)NCC(O)c2c(F)cccc2F)cc1F. The second kappa shape index (κ2) is 6.62. The molecule has 2 aromatic rings. The molecule has 1 unspecified atom stereocenters. The number of aryl methyl sites for hydroxylation is 1. The largest absolute Gasteiger partial charge is 0.386 e. The van der Waals surface area contributed by atoms with Gasteiger partial charge in [-0.2, -0.15) is 0 Å². The predicted octanol–water partition coefficient (Wildman–Crippen LogP) is 2.88. The number of nitrogens with one attached hydrogen (secondary N) is 1. The topological polar surface area (TPSA) is 49.3 Å². The van der Waals surface area contributed by atoms with Gasteiger partial charge in [0.05, 0.1) is 5.56 Å². The van der Waals surface area contributed by atoms with Gasteiger partial charge >= 0.3 is 0 Å². The van der Waals surface area contributed by atoms with Crippen molar-refractivity contribution >= 4 is 5.91 Å². The van der Waals surface area contributed by atoms with Crippen molar-refractivity contribution in [2.75, 3.05) is 6.54 Å². The van der Waals surface area contributed by atoms with Gasteiger partial charge in [-0.3, -0.25) is 4.79 Å². The third kappa shape index (κ3) is 3.46. The zero-order valence-corrected chi connectivity index (χ0v) is 11.7. The lowest BCUT2D eigenvalue weighted by Gasteiger charge is -2.14. The first-order chi connectivity index (χ1) is 10.4. The summed E-state index contributed by atoms with van der Waals surface area (Å²) in [7, 11) is 0. The molecule has 2 N–H and O–H groups in total. The number of hydrogen-bond acceptors (Lipinski definition) is 2.